The first-order valence-electron chi connectivity index (χ1n) is 6.62. The van der Waals surface area contributed by atoms with Crippen molar-refractivity contribution in [2.24, 2.45) is 0 Å². The molecular formula is C16H19NO3. The molecule has 1 N–H and O–H groups in total. The summed E-state index contributed by atoms with van der Waals surface area (Å²) in [5.74, 6) is 1.78. The molecule has 0 aliphatic carbocycles. The van der Waals surface area contributed by atoms with E-state index in [4.69, 9.17) is 9.47 Å². The van der Waals surface area contributed by atoms with E-state index >= 15 is 0 Å². The maximum Gasteiger partial charge on any atom is 0.219 e. The Morgan fingerprint density at radius 2 is 2.00 bits per heavy atom. The van der Waals surface area contributed by atoms with Crippen LogP contribution in [-0.4, -0.2) is 17.2 Å². The van der Waals surface area contributed by atoms with E-state index in [1.54, 1.807) is 32.4 Å². The lowest BCUT2D eigenvalue weighted by Crippen LogP contribution is -1.95. The summed E-state index contributed by atoms with van der Waals surface area (Å²) in [6, 6.07) is 9.36. The molecule has 2 rings (SSSR count). The van der Waals surface area contributed by atoms with Crippen molar-refractivity contribution >= 4 is 0 Å². The second-order valence-electron chi connectivity index (χ2n) is 4.55. The van der Waals surface area contributed by atoms with Gasteiger partial charge in [0.1, 0.15) is 0 Å². The van der Waals surface area contributed by atoms with Gasteiger partial charge in [0.05, 0.1) is 13.2 Å². The Hall–Kier alpha value is -2.07. The molecule has 1 aromatic carbocycles. The summed E-state index contributed by atoms with van der Waals surface area (Å²) in [5.41, 5.74) is 1.94. The molecule has 1 heterocycles. The molecule has 1 atom stereocenters. The maximum absolute atomic E-state index is 9.44. The van der Waals surface area contributed by atoms with Crippen molar-refractivity contribution in [3.8, 4) is 17.4 Å². The number of hydrogen-bond acceptors (Lipinski definition) is 4. The molecular weight excluding hydrogens is 254 g/mol. The normalized spacial score (nSPS) is 12.0. The van der Waals surface area contributed by atoms with E-state index in [-0.39, 0.29) is 0 Å². The standard InChI is InChI=1S/C16H19NO3/c1-4-12-5-7-14(15(9-12)19-3)20-16-8-6-13(10-17-16)11(2)18/h5-11,18H,4H2,1-3H3/t11-/m1/s1. The summed E-state index contributed by atoms with van der Waals surface area (Å²) >= 11 is 0. The molecule has 0 aliphatic rings. The largest absolute Gasteiger partial charge is 0.493 e. The lowest BCUT2D eigenvalue weighted by molar-refractivity contribution is 0.198. The Morgan fingerprint density at radius 3 is 2.55 bits per heavy atom. The van der Waals surface area contributed by atoms with Gasteiger partial charge in [0.15, 0.2) is 11.5 Å². The van der Waals surface area contributed by atoms with Crippen LogP contribution in [0.25, 0.3) is 0 Å². The average molecular weight is 273 g/mol. The summed E-state index contributed by atoms with van der Waals surface area (Å²) in [5, 5.41) is 9.44. The third kappa shape index (κ3) is 3.27. The van der Waals surface area contributed by atoms with E-state index in [1.807, 2.05) is 18.2 Å². The zero-order chi connectivity index (χ0) is 14.5. The minimum atomic E-state index is -0.532. The Kier molecular flexibility index (Phi) is 4.58. The Balaban J connectivity index is 2.20. The number of methoxy groups -OCH3 is 1. The molecule has 0 fully saturated rings. The average Bonchev–Trinajstić information content (AvgIpc) is 2.48. The molecule has 0 unspecified atom stereocenters. The van der Waals surface area contributed by atoms with Gasteiger partial charge in [-0.3, -0.25) is 0 Å². The summed E-state index contributed by atoms with van der Waals surface area (Å²) in [6.07, 6.45) is 2.01. The Labute approximate surface area is 119 Å². The van der Waals surface area contributed by atoms with Crippen LogP contribution in [0, 0.1) is 0 Å². The van der Waals surface area contributed by atoms with E-state index in [1.165, 1.54) is 5.56 Å². The molecule has 4 nitrogen and oxygen atoms in total. The molecule has 0 amide bonds. The molecule has 0 radical (unpaired) electrons. The third-order valence-electron chi connectivity index (χ3n) is 3.09. The molecule has 4 heteroatoms. The number of hydrogen-bond donors (Lipinski definition) is 1. The van der Waals surface area contributed by atoms with E-state index in [0.29, 0.717) is 17.4 Å². The summed E-state index contributed by atoms with van der Waals surface area (Å²) in [4.78, 5) is 4.18. The molecule has 0 bridgehead atoms. The van der Waals surface area contributed by atoms with Gasteiger partial charge in [0, 0.05) is 12.3 Å². The maximum atomic E-state index is 9.44. The monoisotopic (exact) mass is 273 g/mol. The van der Waals surface area contributed by atoms with E-state index in [2.05, 4.69) is 11.9 Å². The van der Waals surface area contributed by atoms with Gasteiger partial charge < -0.3 is 14.6 Å². The topological polar surface area (TPSA) is 51.6 Å². The molecule has 106 valence electrons. The fourth-order valence-electron chi connectivity index (χ4n) is 1.83. The lowest BCUT2D eigenvalue weighted by atomic mass is 10.1. The number of rotatable bonds is 5. The van der Waals surface area contributed by atoms with Crippen LogP contribution in [0.4, 0.5) is 0 Å². The van der Waals surface area contributed by atoms with Gasteiger partial charge in [-0.05, 0) is 42.7 Å². The molecule has 0 saturated carbocycles. The minimum Gasteiger partial charge on any atom is -0.493 e. The van der Waals surface area contributed by atoms with Crippen molar-refractivity contribution in [1.29, 1.82) is 0 Å². The smallest absolute Gasteiger partial charge is 0.219 e. The molecule has 0 saturated heterocycles. The SMILES string of the molecule is CCc1ccc(Oc2ccc([C@@H](C)O)cn2)c(OC)c1. The highest BCUT2D eigenvalue weighted by Gasteiger charge is 2.08. The predicted molar refractivity (Wildman–Crippen MR) is 77.3 cm³/mol. The summed E-state index contributed by atoms with van der Waals surface area (Å²) in [7, 11) is 1.62. The highest BCUT2D eigenvalue weighted by atomic mass is 16.5. The van der Waals surface area contributed by atoms with Crippen LogP contribution in [0.5, 0.6) is 17.4 Å². The number of aliphatic hydroxyl groups excluding tert-OH is 1. The van der Waals surface area contributed by atoms with Crippen molar-refractivity contribution in [1.82, 2.24) is 4.98 Å². The van der Waals surface area contributed by atoms with Crippen molar-refractivity contribution in [2.45, 2.75) is 26.4 Å². The quantitative estimate of drug-likeness (QED) is 0.906. The summed E-state index contributed by atoms with van der Waals surface area (Å²) < 4.78 is 11.0. The van der Waals surface area contributed by atoms with Crippen LogP contribution in [0.15, 0.2) is 36.5 Å². The van der Waals surface area contributed by atoms with Crippen molar-refractivity contribution in [2.75, 3.05) is 7.11 Å². The predicted octanol–water partition coefficient (Wildman–Crippen LogP) is 3.50. The highest BCUT2D eigenvalue weighted by Crippen LogP contribution is 2.31. The number of pyridine rings is 1. The first-order valence-corrected chi connectivity index (χ1v) is 6.62. The van der Waals surface area contributed by atoms with Gasteiger partial charge in [0.25, 0.3) is 0 Å². The van der Waals surface area contributed by atoms with Gasteiger partial charge in [-0.15, -0.1) is 0 Å². The fraction of sp³-hybridized carbons (Fsp3) is 0.312. The number of aliphatic hydroxyl groups is 1. The van der Waals surface area contributed by atoms with Crippen LogP contribution >= 0.6 is 0 Å². The molecule has 0 spiro atoms. The summed E-state index contributed by atoms with van der Waals surface area (Å²) in [6.45, 7) is 3.79. The Morgan fingerprint density at radius 1 is 1.20 bits per heavy atom. The molecule has 2 aromatic rings. The van der Waals surface area contributed by atoms with Gasteiger partial charge in [-0.2, -0.15) is 0 Å². The molecule has 20 heavy (non-hydrogen) atoms. The van der Waals surface area contributed by atoms with Crippen molar-refractivity contribution < 1.29 is 14.6 Å². The first-order chi connectivity index (χ1) is 9.63. The second-order valence-corrected chi connectivity index (χ2v) is 4.55. The van der Waals surface area contributed by atoms with Crippen molar-refractivity contribution in [3.05, 3.63) is 47.7 Å². The van der Waals surface area contributed by atoms with Gasteiger partial charge >= 0.3 is 0 Å². The van der Waals surface area contributed by atoms with Crippen LogP contribution < -0.4 is 9.47 Å². The first kappa shape index (κ1) is 14.3. The second kappa shape index (κ2) is 6.39. The number of aryl methyl sites for hydroxylation is 1. The fourth-order valence-corrected chi connectivity index (χ4v) is 1.83. The van der Waals surface area contributed by atoms with Crippen molar-refractivity contribution in [3.63, 3.8) is 0 Å². The third-order valence-corrected chi connectivity index (χ3v) is 3.09. The van der Waals surface area contributed by atoms with Crippen LogP contribution in [0.2, 0.25) is 0 Å². The van der Waals surface area contributed by atoms with Gasteiger partial charge in [-0.25, -0.2) is 4.98 Å². The minimum absolute atomic E-state index is 0.469. The van der Waals surface area contributed by atoms with Crippen LogP contribution in [0.3, 0.4) is 0 Å². The molecule has 0 aliphatic heterocycles. The zero-order valence-corrected chi connectivity index (χ0v) is 12.0. The zero-order valence-electron chi connectivity index (χ0n) is 12.0. The van der Waals surface area contributed by atoms with E-state index in [9.17, 15) is 5.11 Å². The van der Waals surface area contributed by atoms with Crippen LogP contribution in [-0.2, 0) is 6.42 Å². The van der Waals surface area contributed by atoms with E-state index in [0.717, 1.165) is 12.0 Å². The van der Waals surface area contributed by atoms with Crippen LogP contribution in [0.1, 0.15) is 31.1 Å². The number of aromatic nitrogens is 1. The van der Waals surface area contributed by atoms with E-state index < -0.39 is 6.10 Å². The lowest BCUT2D eigenvalue weighted by Gasteiger charge is -2.11. The Bertz CT molecular complexity index is 564. The van der Waals surface area contributed by atoms with Gasteiger partial charge in [0.2, 0.25) is 5.88 Å². The van der Waals surface area contributed by atoms with Gasteiger partial charge in [-0.1, -0.05) is 13.0 Å². The molecule has 1 aromatic heterocycles. The number of nitrogens with zero attached hydrogens (tertiary/aromatic N) is 1. The number of benzene rings is 1. The number of ether oxygens (including phenoxy) is 2. The highest BCUT2D eigenvalue weighted by molar-refractivity contribution is 5.44.